The van der Waals surface area contributed by atoms with Crippen molar-refractivity contribution in [3.8, 4) is 11.5 Å². The maximum Gasteiger partial charge on any atom is 0.234 e. The number of para-hydroxylation sites is 2. The molecule has 0 aromatic heterocycles. The Kier molecular flexibility index (Phi) is 6.81. The predicted molar refractivity (Wildman–Crippen MR) is 111 cm³/mol. The van der Waals surface area contributed by atoms with Gasteiger partial charge in [0.1, 0.15) is 6.61 Å². The van der Waals surface area contributed by atoms with E-state index in [0.717, 1.165) is 17.0 Å². The zero-order valence-corrected chi connectivity index (χ0v) is 16.8. The van der Waals surface area contributed by atoms with E-state index in [4.69, 9.17) is 9.47 Å². The molecule has 1 aliphatic heterocycles. The SMILES string of the molecule is Cc1ccc(NC(=O)CSCC(=O)N(C)C[C@H]2COc3ccccc3O2)cc1. The molecule has 7 heteroatoms. The predicted octanol–water partition coefficient (Wildman–Crippen LogP) is 2.97. The van der Waals surface area contributed by atoms with Gasteiger partial charge in [-0.15, -0.1) is 11.8 Å². The van der Waals surface area contributed by atoms with Gasteiger partial charge in [-0.3, -0.25) is 9.59 Å². The van der Waals surface area contributed by atoms with Gasteiger partial charge in [0, 0.05) is 12.7 Å². The lowest BCUT2D eigenvalue weighted by Gasteiger charge is -2.29. The summed E-state index contributed by atoms with van der Waals surface area (Å²) in [7, 11) is 1.74. The van der Waals surface area contributed by atoms with Crippen molar-refractivity contribution in [1.82, 2.24) is 4.90 Å². The van der Waals surface area contributed by atoms with Crippen LogP contribution in [-0.4, -0.2) is 54.5 Å². The van der Waals surface area contributed by atoms with Crippen molar-refractivity contribution >= 4 is 29.3 Å². The Morgan fingerprint density at radius 3 is 2.57 bits per heavy atom. The first kappa shape index (κ1) is 20.1. The summed E-state index contributed by atoms with van der Waals surface area (Å²) in [6.07, 6.45) is -0.210. The number of benzene rings is 2. The van der Waals surface area contributed by atoms with Crippen molar-refractivity contribution in [1.29, 1.82) is 0 Å². The van der Waals surface area contributed by atoms with Gasteiger partial charge >= 0.3 is 0 Å². The number of thioether (sulfide) groups is 1. The molecule has 1 aliphatic rings. The van der Waals surface area contributed by atoms with E-state index in [1.54, 1.807) is 11.9 Å². The van der Waals surface area contributed by atoms with Crippen LogP contribution in [0.4, 0.5) is 5.69 Å². The molecular weight excluding hydrogens is 376 g/mol. The molecule has 0 unspecified atom stereocenters. The van der Waals surface area contributed by atoms with E-state index < -0.39 is 0 Å². The molecule has 2 amide bonds. The van der Waals surface area contributed by atoms with Gasteiger partial charge in [-0.1, -0.05) is 29.8 Å². The van der Waals surface area contributed by atoms with E-state index in [1.165, 1.54) is 11.8 Å². The minimum absolute atomic E-state index is 0.0457. The van der Waals surface area contributed by atoms with Gasteiger partial charge in [-0.05, 0) is 31.2 Å². The van der Waals surface area contributed by atoms with Crippen molar-refractivity contribution in [2.45, 2.75) is 13.0 Å². The Morgan fingerprint density at radius 1 is 1.11 bits per heavy atom. The molecule has 2 aromatic rings. The van der Waals surface area contributed by atoms with Crippen LogP contribution in [-0.2, 0) is 9.59 Å². The van der Waals surface area contributed by atoms with E-state index in [9.17, 15) is 9.59 Å². The van der Waals surface area contributed by atoms with Crippen LogP contribution < -0.4 is 14.8 Å². The smallest absolute Gasteiger partial charge is 0.234 e. The number of fused-ring (bicyclic) bond motifs is 1. The van der Waals surface area contributed by atoms with Gasteiger partial charge in [0.25, 0.3) is 0 Å². The summed E-state index contributed by atoms with van der Waals surface area (Å²) < 4.78 is 11.6. The fraction of sp³-hybridized carbons (Fsp3) is 0.333. The third-order valence-corrected chi connectivity index (χ3v) is 5.18. The van der Waals surface area contributed by atoms with E-state index in [-0.39, 0.29) is 29.4 Å². The Balaban J connectivity index is 1.37. The third kappa shape index (κ3) is 5.66. The lowest BCUT2D eigenvalue weighted by molar-refractivity contribution is -0.128. The number of ether oxygens (including phenoxy) is 2. The van der Waals surface area contributed by atoms with Gasteiger partial charge in [-0.2, -0.15) is 0 Å². The summed E-state index contributed by atoms with van der Waals surface area (Å²) in [5, 5.41) is 2.83. The highest BCUT2D eigenvalue weighted by atomic mass is 32.2. The molecule has 148 valence electrons. The van der Waals surface area contributed by atoms with Crippen LogP contribution in [0.2, 0.25) is 0 Å². The Hall–Kier alpha value is -2.67. The Bertz CT molecular complexity index is 825. The monoisotopic (exact) mass is 400 g/mol. The summed E-state index contributed by atoms with van der Waals surface area (Å²) >= 11 is 1.30. The van der Waals surface area contributed by atoms with Crippen LogP contribution in [0.15, 0.2) is 48.5 Å². The lowest BCUT2D eigenvalue weighted by atomic mass is 10.2. The number of nitrogens with one attached hydrogen (secondary N) is 1. The molecular formula is C21H24N2O4S. The first-order valence-corrected chi connectivity index (χ1v) is 10.2. The maximum absolute atomic E-state index is 12.3. The summed E-state index contributed by atoms with van der Waals surface area (Å²) in [6.45, 7) is 2.83. The fourth-order valence-corrected chi connectivity index (χ4v) is 3.49. The van der Waals surface area contributed by atoms with Crippen molar-refractivity contribution in [3.05, 3.63) is 54.1 Å². The largest absolute Gasteiger partial charge is 0.486 e. The summed E-state index contributed by atoms with van der Waals surface area (Å²) in [5.41, 5.74) is 1.89. The second-order valence-electron chi connectivity index (χ2n) is 6.68. The van der Waals surface area contributed by atoms with Gasteiger partial charge in [0.05, 0.1) is 18.1 Å². The highest BCUT2D eigenvalue weighted by Crippen LogP contribution is 2.30. The summed E-state index contributed by atoms with van der Waals surface area (Å²) in [5.74, 6) is 1.72. The molecule has 0 radical (unpaired) electrons. The molecule has 3 rings (SSSR count). The molecule has 0 fully saturated rings. The number of carbonyl (C=O) groups is 2. The van der Waals surface area contributed by atoms with E-state index >= 15 is 0 Å². The van der Waals surface area contributed by atoms with Crippen LogP contribution in [0.3, 0.4) is 0 Å². The third-order valence-electron chi connectivity index (χ3n) is 4.26. The van der Waals surface area contributed by atoms with Crippen molar-refractivity contribution < 1.29 is 19.1 Å². The first-order chi connectivity index (χ1) is 13.5. The maximum atomic E-state index is 12.3. The van der Waals surface area contributed by atoms with Crippen LogP contribution in [0.25, 0.3) is 0 Å². The quantitative estimate of drug-likeness (QED) is 0.774. The molecule has 0 saturated carbocycles. The van der Waals surface area contributed by atoms with Gasteiger partial charge in [-0.25, -0.2) is 0 Å². The van der Waals surface area contributed by atoms with Crippen LogP contribution in [0.1, 0.15) is 5.56 Å². The Morgan fingerprint density at radius 2 is 1.82 bits per heavy atom. The zero-order valence-electron chi connectivity index (χ0n) is 16.0. The summed E-state index contributed by atoms with van der Waals surface area (Å²) in [6, 6.07) is 15.1. The van der Waals surface area contributed by atoms with E-state index in [2.05, 4.69) is 5.32 Å². The molecule has 28 heavy (non-hydrogen) atoms. The molecule has 2 aromatic carbocycles. The standard InChI is InChI=1S/C21H24N2O4S/c1-15-7-9-16(10-8-15)22-20(24)13-28-14-21(25)23(2)11-17-12-26-18-5-3-4-6-19(18)27-17/h3-10,17H,11-14H2,1-2H3,(H,22,24)/t17-/m0/s1. The highest BCUT2D eigenvalue weighted by molar-refractivity contribution is 8.00. The van der Waals surface area contributed by atoms with Crippen LogP contribution in [0, 0.1) is 6.92 Å². The first-order valence-electron chi connectivity index (χ1n) is 9.08. The molecule has 0 aliphatic carbocycles. The molecule has 1 atom stereocenters. The number of aryl methyl sites for hydroxylation is 1. The zero-order chi connectivity index (χ0) is 19.9. The lowest BCUT2D eigenvalue weighted by Crippen LogP contribution is -2.42. The number of rotatable bonds is 7. The highest BCUT2D eigenvalue weighted by Gasteiger charge is 2.23. The average molecular weight is 401 g/mol. The number of likely N-dealkylation sites (N-methyl/N-ethyl adjacent to an activating group) is 1. The van der Waals surface area contributed by atoms with Gasteiger partial charge in [0.15, 0.2) is 17.6 Å². The molecule has 1 heterocycles. The number of amides is 2. The number of carbonyl (C=O) groups excluding carboxylic acids is 2. The van der Waals surface area contributed by atoms with Gasteiger partial charge in [0.2, 0.25) is 11.8 Å². The molecule has 0 bridgehead atoms. The molecule has 0 spiro atoms. The van der Waals surface area contributed by atoms with Gasteiger partial charge < -0.3 is 19.7 Å². The van der Waals surface area contributed by atoms with Crippen LogP contribution in [0.5, 0.6) is 11.5 Å². The minimum atomic E-state index is -0.210. The number of anilines is 1. The molecule has 0 saturated heterocycles. The Labute approximate surface area is 169 Å². The molecule has 6 nitrogen and oxygen atoms in total. The number of hydrogen-bond donors (Lipinski definition) is 1. The normalized spacial score (nSPS) is 15.0. The number of hydrogen-bond acceptors (Lipinski definition) is 5. The van der Waals surface area contributed by atoms with Crippen molar-refractivity contribution in [3.63, 3.8) is 0 Å². The molecule has 1 N–H and O–H groups in total. The number of nitrogens with zero attached hydrogens (tertiary/aromatic N) is 1. The second-order valence-corrected chi connectivity index (χ2v) is 7.66. The summed E-state index contributed by atoms with van der Waals surface area (Å²) in [4.78, 5) is 25.9. The van der Waals surface area contributed by atoms with E-state index in [1.807, 2.05) is 55.5 Å². The fourth-order valence-electron chi connectivity index (χ4n) is 2.74. The minimum Gasteiger partial charge on any atom is -0.486 e. The van der Waals surface area contributed by atoms with Crippen molar-refractivity contribution in [2.75, 3.05) is 37.0 Å². The van der Waals surface area contributed by atoms with Crippen LogP contribution >= 0.6 is 11.8 Å². The topological polar surface area (TPSA) is 67.9 Å². The second kappa shape index (κ2) is 9.50. The average Bonchev–Trinajstić information content (AvgIpc) is 2.69. The van der Waals surface area contributed by atoms with Crippen molar-refractivity contribution in [2.24, 2.45) is 0 Å². The van der Waals surface area contributed by atoms with E-state index in [0.29, 0.717) is 18.9 Å².